The van der Waals surface area contributed by atoms with Gasteiger partial charge in [0.25, 0.3) is 0 Å². The van der Waals surface area contributed by atoms with E-state index in [1.54, 1.807) is 42.5 Å². The summed E-state index contributed by atoms with van der Waals surface area (Å²) in [7, 11) is 1.61. The highest BCUT2D eigenvalue weighted by atomic mass is 16.5. The molecule has 2 N–H and O–H groups in total. The van der Waals surface area contributed by atoms with E-state index >= 15 is 0 Å². The second-order valence-electron chi connectivity index (χ2n) is 5.73. The van der Waals surface area contributed by atoms with Gasteiger partial charge in [-0.15, -0.1) is 10.2 Å². The van der Waals surface area contributed by atoms with Crippen LogP contribution in [0.25, 0.3) is 5.69 Å². The lowest BCUT2D eigenvalue weighted by molar-refractivity contribution is -0.136. The van der Waals surface area contributed by atoms with E-state index in [4.69, 9.17) is 4.74 Å². The van der Waals surface area contributed by atoms with Crippen LogP contribution in [0.2, 0.25) is 0 Å². The maximum Gasteiger partial charge on any atom is 0.313 e. The molecule has 0 radical (unpaired) electrons. The van der Waals surface area contributed by atoms with Crippen molar-refractivity contribution in [3.8, 4) is 11.4 Å². The summed E-state index contributed by atoms with van der Waals surface area (Å²) in [6, 6.07) is 14.6. The second-order valence-corrected chi connectivity index (χ2v) is 5.73. The van der Waals surface area contributed by atoms with Gasteiger partial charge in [-0.25, -0.2) is 0 Å². The van der Waals surface area contributed by atoms with Crippen molar-refractivity contribution in [3.05, 3.63) is 66.7 Å². The Morgan fingerprint density at radius 3 is 2.48 bits per heavy atom. The number of nitrogens with one attached hydrogen (secondary N) is 2. The Balaban J connectivity index is 1.50. The molecule has 0 aliphatic carbocycles. The van der Waals surface area contributed by atoms with Crippen LogP contribution in [0.1, 0.15) is 5.56 Å². The summed E-state index contributed by atoms with van der Waals surface area (Å²) >= 11 is 0. The second kappa shape index (κ2) is 8.61. The Morgan fingerprint density at radius 2 is 1.78 bits per heavy atom. The lowest BCUT2D eigenvalue weighted by Gasteiger charge is -2.08. The molecule has 0 saturated heterocycles. The number of ether oxygens (including phenoxy) is 1. The number of anilines is 1. The molecule has 27 heavy (non-hydrogen) atoms. The van der Waals surface area contributed by atoms with Crippen LogP contribution >= 0.6 is 0 Å². The molecule has 8 nitrogen and oxygen atoms in total. The Morgan fingerprint density at radius 1 is 1.04 bits per heavy atom. The third kappa shape index (κ3) is 4.91. The zero-order chi connectivity index (χ0) is 19.1. The molecule has 0 fully saturated rings. The zero-order valence-electron chi connectivity index (χ0n) is 14.8. The monoisotopic (exact) mass is 365 g/mol. The maximum absolute atomic E-state index is 12.1. The number of hydrogen-bond acceptors (Lipinski definition) is 5. The number of aromatic nitrogens is 3. The van der Waals surface area contributed by atoms with E-state index in [1.807, 2.05) is 30.3 Å². The summed E-state index contributed by atoms with van der Waals surface area (Å²) < 4.78 is 6.80. The Labute approximate surface area is 156 Å². The van der Waals surface area contributed by atoms with Crippen LogP contribution < -0.4 is 15.4 Å². The van der Waals surface area contributed by atoms with Crippen LogP contribution in [0.15, 0.2) is 61.2 Å². The van der Waals surface area contributed by atoms with Crippen molar-refractivity contribution in [1.82, 2.24) is 20.1 Å². The molecule has 1 aromatic heterocycles. The topological polar surface area (TPSA) is 98.1 Å². The number of carbonyl (C=O) groups is 2. The van der Waals surface area contributed by atoms with Crippen molar-refractivity contribution in [1.29, 1.82) is 0 Å². The van der Waals surface area contributed by atoms with Crippen molar-refractivity contribution >= 4 is 17.5 Å². The number of carbonyl (C=O) groups excluding carboxylic acids is 2. The Hall–Kier alpha value is -3.68. The number of benzene rings is 2. The SMILES string of the molecule is COc1ccc(CCNC(=O)C(=O)Nc2cccc(-n3cnnc3)c2)cc1. The van der Waals surface area contributed by atoms with Crippen molar-refractivity contribution in [2.45, 2.75) is 6.42 Å². The molecule has 3 rings (SSSR count). The molecule has 0 spiro atoms. The Bertz CT molecular complexity index is 907. The summed E-state index contributed by atoms with van der Waals surface area (Å²) in [6.45, 7) is 0.360. The van der Waals surface area contributed by atoms with Gasteiger partial charge in [-0.3, -0.25) is 14.2 Å². The first-order valence-corrected chi connectivity index (χ1v) is 8.33. The van der Waals surface area contributed by atoms with Gasteiger partial charge in [-0.05, 0) is 42.3 Å². The normalized spacial score (nSPS) is 10.3. The smallest absolute Gasteiger partial charge is 0.313 e. The van der Waals surface area contributed by atoms with Gasteiger partial charge >= 0.3 is 11.8 Å². The molecule has 3 aromatic rings. The van der Waals surface area contributed by atoms with Gasteiger partial charge in [0.15, 0.2) is 0 Å². The van der Waals surface area contributed by atoms with E-state index in [1.165, 1.54) is 0 Å². The molecule has 0 bridgehead atoms. The fourth-order valence-corrected chi connectivity index (χ4v) is 2.46. The average Bonchev–Trinajstić information content (AvgIpc) is 3.23. The largest absolute Gasteiger partial charge is 0.497 e. The fourth-order valence-electron chi connectivity index (χ4n) is 2.46. The lowest BCUT2D eigenvalue weighted by atomic mass is 10.1. The van der Waals surface area contributed by atoms with Gasteiger partial charge in [-0.2, -0.15) is 0 Å². The summed E-state index contributed by atoms with van der Waals surface area (Å²) in [5, 5.41) is 12.7. The number of hydrogen-bond donors (Lipinski definition) is 2. The van der Waals surface area contributed by atoms with E-state index < -0.39 is 11.8 Å². The van der Waals surface area contributed by atoms with E-state index in [9.17, 15) is 9.59 Å². The molecule has 8 heteroatoms. The van der Waals surface area contributed by atoms with Gasteiger partial charge in [0.2, 0.25) is 0 Å². The molecule has 0 atom stereocenters. The highest BCUT2D eigenvalue weighted by molar-refractivity contribution is 6.39. The molecule has 0 aliphatic heterocycles. The number of rotatable bonds is 6. The highest BCUT2D eigenvalue weighted by Crippen LogP contribution is 2.14. The van der Waals surface area contributed by atoms with Crippen LogP contribution in [0.4, 0.5) is 5.69 Å². The minimum atomic E-state index is -0.717. The number of nitrogens with zero attached hydrogens (tertiary/aromatic N) is 3. The summed E-state index contributed by atoms with van der Waals surface area (Å²) in [5.41, 5.74) is 2.33. The maximum atomic E-state index is 12.1. The zero-order valence-corrected chi connectivity index (χ0v) is 14.8. The predicted molar refractivity (Wildman–Crippen MR) is 99.7 cm³/mol. The summed E-state index contributed by atoms with van der Waals surface area (Å²) in [5.74, 6) is -0.625. The van der Waals surface area contributed by atoms with E-state index in [2.05, 4.69) is 20.8 Å². The van der Waals surface area contributed by atoms with E-state index in [0.717, 1.165) is 17.0 Å². The van der Waals surface area contributed by atoms with E-state index in [0.29, 0.717) is 18.7 Å². The molecule has 2 aromatic carbocycles. The average molecular weight is 365 g/mol. The first-order valence-electron chi connectivity index (χ1n) is 8.33. The molecule has 0 saturated carbocycles. The van der Waals surface area contributed by atoms with Crippen LogP contribution in [-0.2, 0) is 16.0 Å². The van der Waals surface area contributed by atoms with Crippen LogP contribution in [0, 0.1) is 0 Å². The lowest BCUT2D eigenvalue weighted by Crippen LogP contribution is -2.36. The quantitative estimate of drug-likeness (QED) is 0.646. The predicted octanol–water partition coefficient (Wildman–Crippen LogP) is 1.57. The molecular formula is C19H19N5O3. The molecule has 0 aliphatic rings. The minimum absolute atomic E-state index is 0.360. The first kappa shape index (κ1) is 18.1. The highest BCUT2D eigenvalue weighted by Gasteiger charge is 2.13. The van der Waals surface area contributed by atoms with Crippen LogP contribution in [-0.4, -0.2) is 40.2 Å². The molecule has 1 heterocycles. The Kier molecular flexibility index (Phi) is 5.78. The third-order valence-corrected chi connectivity index (χ3v) is 3.89. The number of methoxy groups -OCH3 is 1. The van der Waals surface area contributed by atoms with Gasteiger partial charge in [0, 0.05) is 12.2 Å². The van der Waals surface area contributed by atoms with E-state index in [-0.39, 0.29) is 0 Å². The van der Waals surface area contributed by atoms with Crippen molar-refractivity contribution in [2.24, 2.45) is 0 Å². The minimum Gasteiger partial charge on any atom is -0.497 e. The molecule has 0 unspecified atom stereocenters. The van der Waals surface area contributed by atoms with Gasteiger partial charge < -0.3 is 15.4 Å². The summed E-state index contributed by atoms with van der Waals surface area (Å²) in [4.78, 5) is 24.0. The van der Waals surface area contributed by atoms with Crippen LogP contribution in [0.3, 0.4) is 0 Å². The molecule has 2 amide bonds. The van der Waals surface area contributed by atoms with Gasteiger partial charge in [0.1, 0.15) is 18.4 Å². The number of amides is 2. The standard InChI is InChI=1S/C19H19N5O3/c1-27-17-7-5-14(6-8-17)9-10-20-18(25)19(26)23-15-3-2-4-16(11-15)24-12-21-22-13-24/h2-8,11-13H,9-10H2,1H3,(H,20,25)(H,23,26). The first-order chi connectivity index (χ1) is 13.2. The van der Waals surface area contributed by atoms with Crippen molar-refractivity contribution in [2.75, 3.05) is 19.0 Å². The van der Waals surface area contributed by atoms with Crippen molar-refractivity contribution in [3.63, 3.8) is 0 Å². The molecular weight excluding hydrogens is 346 g/mol. The van der Waals surface area contributed by atoms with Gasteiger partial charge in [-0.1, -0.05) is 18.2 Å². The molecule has 138 valence electrons. The third-order valence-electron chi connectivity index (χ3n) is 3.89. The summed E-state index contributed by atoms with van der Waals surface area (Å²) in [6.07, 6.45) is 3.71. The van der Waals surface area contributed by atoms with Gasteiger partial charge in [0.05, 0.1) is 12.8 Å². The van der Waals surface area contributed by atoms with Crippen LogP contribution in [0.5, 0.6) is 5.75 Å². The van der Waals surface area contributed by atoms with Crippen molar-refractivity contribution < 1.29 is 14.3 Å². The fraction of sp³-hybridized carbons (Fsp3) is 0.158.